The molecule has 0 aliphatic heterocycles. The van der Waals surface area contributed by atoms with Gasteiger partial charge in [-0.2, -0.15) is 0 Å². The molecule has 0 saturated carbocycles. The normalized spacial score (nSPS) is 10.2. The van der Waals surface area contributed by atoms with E-state index in [2.05, 4.69) is 15.6 Å². The Morgan fingerprint density at radius 3 is 2.86 bits per heavy atom. The van der Waals surface area contributed by atoms with Crippen molar-refractivity contribution in [3.63, 3.8) is 0 Å². The van der Waals surface area contributed by atoms with Gasteiger partial charge in [0.1, 0.15) is 17.3 Å². The van der Waals surface area contributed by atoms with E-state index < -0.39 is 5.82 Å². The molecule has 2 rings (SSSR count). The van der Waals surface area contributed by atoms with E-state index in [0.29, 0.717) is 11.5 Å². The highest BCUT2D eigenvalue weighted by Crippen LogP contribution is 2.19. The molecule has 0 fully saturated rings. The van der Waals surface area contributed by atoms with Crippen LogP contribution in [0.15, 0.2) is 36.4 Å². The van der Waals surface area contributed by atoms with Gasteiger partial charge in [-0.05, 0) is 36.8 Å². The summed E-state index contributed by atoms with van der Waals surface area (Å²) in [7, 11) is 0. The molecule has 0 aliphatic rings. The van der Waals surface area contributed by atoms with Gasteiger partial charge in [0.2, 0.25) is 0 Å². The molecule has 1 heterocycles. The lowest BCUT2D eigenvalue weighted by molar-refractivity contribution is 0.102. The predicted molar refractivity (Wildman–Crippen MR) is 82.4 cm³/mol. The third-order valence-corrected chi connectivity index (χ3v) is 3.00. The quantitative estimate of drug-likeness (QED) is 0.879. The molecule has 0 radical (unpaired) electrons. The Hall–Kier alpha value is -2.14. The van der Waals surface area contributed by atoms with E-state index in [0.717, 1.165) is 13.0 Å². The number of nitrogens with zero attached hydrogens (tertiary/aromatic N) is 1. The lowest BCUT2D eigenvalue weighted by Gasteiger charge is -2.08. The maximum atomic E-state index is 13.1. The fourth-order valence-corrected chi connectivity index (χ4v) is 1.86. The van der Waals surface area contributed by atoms with Gasteiger partial charge >= 0.3 is 0 Å². The van der Waals surface area contributed by atoms with Gasteiger partial charge in [-0.25, -0.2) is 9.37 Å². The minimum atomic E-state index is -0.529. The van der Waals surface area contributed by atoms with Crippen LogP contribution in [0.3, 0.4) is 0 Å². The molecule has 0 spiro atoms. The number of carbonyl (C=O) groups excluding carboxylic acids is 1. The van der Waals surface area contributed by atoms with Crippen LogP contribution in [0.4, 0.5) is 15.9 Å². The summed E-state index contributed by atoms with van der Waals surface area (Å²) < 4.78 is 13.1. The average Bonchev–Trinajstić information content (AvgIpc) is 2.49. The van der Waals surface area contributed by atoms with Crippen molar-refractivity contribution in [3.05, 3.63) is 52.9 Å². The second-order valence-electron chi connectivity index (χ2n) is 4.42. The summed E-state index contributed by atoms with van der Waals surface area (Å²) in [5.41, 5.74) is 0.691. The first kappa shape index (κ1) is 15.3. The van der Waals surface area contributed by atoms with E-state index in [9.17, 15) is 9.18 Å². The standard InChI is InChI=1S/C15H15ClFN3O/c1-2-8-18-14-5-3-4-13(20-14)15(21)19-10-6-7-12(17)11(16)9-10/h3-7,9H,2,8H2,1H3,(H,18,20)(H,19,21). The smallest absolute Gasteiger partial charge is 0.274 e. The summed E-state index contributed by atoms with van der Waals surface area (Å²) in [6.45, 7) is 2.83. The molecule has 0 saturated heterocycles. The minimum absolute atomic E-state index is 0.0425. The molecule has 1 aromatic carbocycles. The Morgan fingerprint density at radius 1 is 1.33 bits per heavy atom. The molecule has 110 valence electrons. The fourth-order valence-electron chi connectivity index (χ4n) is 1.68. The Kier molecular flexibility index (Phi) is 5.11. The number of hydrogen-bond acceptors (Lipinski definition) is 3. The first-order valence-corrected chi connectivity index (χ1v) is 6.95. The number of pyridine rings is 1. The van der Waals surface area contributed by atoms with Crippen molar-refractivity contribution in [2.45, 2.75) is 13.3 Å². The zero-order valence-corrected chi connectivity index (χ0v) is 12.2. The van der Waals surface area contributed by atoms with Crippen molar-refractivity contribution in [1.82, 2.24) is 4.98 Å². The molecule has 4 nitrogen and oxygen atoms in total. The van der Waals surface area contributed by atoms with Crippen LogP contribution < -0.4 is 10.6 Å². The van der Waals surface area contributed by atoms with E-state index >= 15 is 0 Å². The molecule has 1 aromatic heterocycles. The topological polar surface area (TPSA) is 54.0 Å². The van der Waals surface area contributed by atoms with Crippen LogP contribution in [0.5, 0.6) is 0 Å². The molecule has 0 atom stereocenters. The molecule has 0 unspecified atom stereocenters. The lowest BCUT2D eigenvalue weighted by atomic mass is 10.3. The van der Waals surface area contributed by atoms with Crippen LogP contribution in [0.25, 0.3) is 0 Å². The van der Waals surface area contributed by atoms with Gasteiger partial charge in [0.25, 0.3) is 5.91 Å². The van der Waals surface area contributed by atoms with Gasteiger partial charge < -0.3 is 10.6 Å². The van der Waals surface area contributed by atoms with E-state index in [1.165, 1.54) is 18.2 Å². The summed E-state index contributed by atoms with van der Waals surface area (Å²) >= 11 is 5.67. The largest absolute Gasteiger partial charge is 0.370 e. The van der Waals surface area contributed by atoms with Crippen LogP contribution >= 0.6 is 11.6 Å². The Labute approximate surface area is 127 Å². The van der Waals surface area contributed by atoms with Crippen LogP contribution in [-0.4, -0.2) is 17.4 Å². The van der Waals surface area contributed by atoms with Gasteiger partial charge in [0, 0.05) is 12.2 Å². The maximum absolute atomic E-state index is 13.1. The van der Waals surface area contributed by atoms with Crippen LogP contribution in [-0.2, 0) is 0 Å². The molecule has 0 bridgehead atoms. The first-order chi connectivity index (χ1) is 10.1. The number of halogens is 2. The number of rotatable bonds is 5. The molecular weight excluding hydrogens is 293 g/mol. The third-order valence-electron chi connectivity index (χ3n) is 2.72. The second-order valence-corrected chi connectivity index (χ2v) is 4.83. The Morgan fingerprint density at radius 2 is 2.14 bits per heavy atom. The highest BCUT2D eigenvalue weighted by Gasteiger charge is 2.09. The first-order valence-electron chi connectivity index (χ1n) is 6.57. The van der Waals surface area contributed by atoms with Crippen molar-refractivity contribution in [3.8, 4) is 0 Å². The van der Waals surface area contributed by atoms with Crippen LogP contribution in [0, 0.1) is 5.82 Å². The zero-order chi connectivity index (χ0) is 15.2. The van der Waals surface area contributed by atoms with E-state index in [1.54, 1.807) is 18.2 Å². The number of aromatic nitrogens is 1. The average molecular weight is 308 g/mol. The molecule has 1 amide bonds. The highest BCUT2D eigenvalue weighted by atomic mass is 35.5. The van der Waals surface area contributed by atoms with Crippen molar-refractivity contribution in [2.75, 3.05) is 17.2 Å². The number of benzene rings is 1. The Bertz CT molecular complexity index is 649. The van der Waals surface area contributed by atoms with Crippen molar-refractivity contribution >= 4 is 29.0 Å². The van der Waals surface area contributed by atoms with Gasteiger partial charge in [-0.3, -0.25) is 4.79 Å². The van der Waals surface area contributed by atoms with Crippen LogP contribution in [0.2, 0.25) is 5.02 Å². The maximum Gasteiger partial charge on any atom is 0.274 e. The fraction of sp³-hybridized carbons (Fsp3) is 0.200. The SMILES string of the molecule is CCCNc1cccc(C(=O)Nc2ccc(F)c(Cl)c2)n1. The lowest BCUT2D eigenvalue weighted by Crippen LogP contribution is -2.14. The van der Waals surface area contributed by atoms with Gasteiger partial charge in [0.05, 0.1) is 5.02 Å². The van der Waals surface area contributed by atoms with Crippen molar-refractivity contribution in [2.24, 2.45) is 0 Å². The summed E-state index contributed by atoms with van der Waals surface area (Å²) in [6, 6.07) is 9.15. The van der Waals surface area contributed by atoms with Gasteiger partial charge in [-0.15, -0.1) is 0 Å². The number of carbonyl (C=O) groups is 1. The number of amides is 1. The molecule has 21 heavy (non-hydrogen) atoms. The Balaban J connectivity index is 2.10. The molecular formula is C15H15ClFN3O. The van der Waals surface area contributed by atoms with Crippen molar-refractivity contribution in [1.29, 1.82) is 0 Å². The zero-order valence-electron chi connectivity index (χ0n) is 11.5. The molecule has 2 aromatic rings. The second kappa shape index (κ2) is 7.04. The predicted octanol–water partition coefficient (Wildman–Crippen LogP) is 3.95. The monoisotopic (exact) mass is 307 g/mol. The molecule has 2 N–H and O–H groups in total. The number of nitrogens with one attached hydrogen (secondary N) is 2. The van der Waals surface area contributed by atoms with Gasteiger partial charge in [-0.1, -0.05) is 24.6 Å². The number of anilines is 2. The highest BCUT2D eigenvalue weighted by molar-refractivity contribution is 6.31. The summed E-state index contributed by atoms with van der Waals surface area (Å²) in [5.74, 6) is -0.266. The van der Waals surface area contributed by atoms with E-state index in [1.807, 2.05) is 6.92 Å². The molecule has 6 heteroatoms. The minimum Gasteiger partial charge on any atom is -0.370 e. The summed E-state index contributed by atoms with van der Waals surface area (Å²) in [4.78, 5) is 16.3. The van der Waals surface area contributed by atoms with Crippen molar-refractivity contribution < 1.29 is 9.18 Å². The molecule has 0 aliphatic carbocycles. The third kappa shape index (κ3) is 4.16. The van der Waals surface area contributed by atoms with Gasteiger partial charge in [0.15, 0.2) is 0 Å². The van der Waals surface area contributed by atoms with E-state index in [-0.39, 0.29) is 16.6 Å². The van der Waals surface area contributed by atoms with Crippen LogP contribution in [0.1, 0.15) is 23.8 Å². The summed E-state index contributed by atoms with van der Waals surface area (Å²) in [6.07, 6.45) is 0.964. The van der Waals surface area contributed by atoms with E-state index in [4.69, 9.17) is 11.6 Å². The summed E-state index contributed by atoms with van der Waals surface area (Å²) in [5, 5.41) is 5.69. The number of hydrogen-bond donors (Lipinski definition) is 2.